The Morgan fingerprint density at radius 2 is 1.83 bits per heavy atom. The number of aromatic nitrogens is 2. The van der Waals surface area contributed by atoms with Gasteiger partial charge in [-0.1, -0.05) is 55.5 Å². The van der Waals surface area contributed by atoms with E-state index in [0.717, 1.165) is 12.0 Å². The van der Waals surface area contributed by atoms with Gasteiger partial charge in [-0.3, -0.25) is 9.36 Å². The molecule has 2 amide bonds. The van der Waals surface area contributed by atoms with Crippen LogP contribution in [0.25, 0.3) is 10.9 Å². The first-order chi connectivity index (χ1) is 17.0. The van der Waals surface area contributed by atoms with Gasteiger partial charge in [-0.2, -0.15) is 5.26 Å². The van der Waals surface area contributed by atoms with E-state index >= 15 is 0 Å². The summed E-state index contributed by atoms with van der Waals surface area (Å²) in [6, 6.07) is 25.1. The summed E-state index contributed by atoms with van der Waals surface area (Å²) in [5, 5.41) is 12.6. The van der Waals surface area contributed by atoms with Crippen molar-refractivity contribution in [2.45, 2.75) is 32.9 Å². The minimum absolute atomic E-state index is 0.139. The number of para-hydroxylation sites is 1. The molecule has 4 aromatic rings. The number of fused-ring (bicyclic) bond motifs is 1. The summed E-state index contributed by atoms with van der Waals surface area (Å²) in [4.78, 5) is 33.4. The Morgan fingerprint density at radius 3 is 2.57 bits per heavy atom. The van der Waals surface area contributed by atoms with E-state index in [1.54, 1.807) is 39.8 Å². The van der Waals surface area contributed by atoms with E-state index in [2.05, 4.69) is 11.4 Å². The van der Waals surface area contributed by atoms with Crippen LogP contribution in [0.5, 0.6) is 0 Å². The Bertz CT molecular complexity index is 1440. The van der Waals surface area contributed by atoms with Crippen LogP contribution in [0.2, 0.25) is 0 Å². The summed E-state index contributed by atoms with van der Waals surface area (Å²) in [6.07, 6.45) is 0.729. The highest BCUT2D eigenvalue weighted by Crippen LogP contribution is 2.23. The van der Waals surface area contributed by atoms with Crippen molar-refractivity contribution in [2.24, 2.45) is 0 Å². The third-order valence-corrected chi connectivity index (χ3v) is 5.88. The van der Waals surface area contributed by atoms with Gasteiger partial charge in [0.05, 0.1) is 35.1 Å². The van der Waals surface area contributed by atoms with Crippen molar-refractivity contribution in [3.05, 3.63) is 106 Å². The molecule has 0 spiro atoms. The largest absolute Gasteiger partial charge is 0.322 e. The summed E-state index contributed by atoms with van der Waals surface area (Å²) in [5.41, 5.74) is 2.43. The number of anilines is 1. The average molecular weight is 466 g/mol. The van der Waals surface area contributed by atoms with Crippen molar-refractivity contribution in [3.63, 3.8) is 0 Å². The highest BCUT2D eigenvalue weighted by atomic mass is 16.2. The summed E-state index contributed by atoms with van der Waals surface area (Å²) in [7, 11) is 0. The van der Waals surface area contributed by atoms with E-state index in [9.17, 15) is 14.9 Å². The predicted octanol–water partition coefficient (Wildman–Crippen LogP) is 5.32. The third kappa shape index (κ3) is 5.22. The Morgan fingerprint density at radius 1 is 1.09 bits per heavy atom. The molecule has 0 bridgehead atoms. The molecule has 0 aliphatic carbocycles. The number of amides is 2. The topological polar surface area (TPSA) is 91.0 Å². The van der Waals surface area contributed by atoms with Gasteiger partial charge in [0, 0.05) is 12.2 Å². The Hall–Kier alpha value is -4.44. The number of nitrogens with zero attached hydrogens (tertiary/aromatic N) is 4. The van der Waals surface area contributed by atoms with Gasteiger partial charge in [-0.15, -0.1) is 0 Å². The average Bonchev–Trinajstić information content (AvgIpc) is 2.89. The molecule has 1 N–H and O–H groups in total. The number of hydrogen-bond donors (Lipinski definition) is 1. The van der Waals surface area contributed by atoms with Gasteiger partial charge >= 0.3 is 6.03 Å². The zero-order chi connectivity index (χ0) is 24.8. The van der Waals surface area contributed by atoms with E-state index in [-0.39, 0.29) is 11.6 Å². The van der Waals surface area contributed by atoms with E-state index in [4.69, 9.17) is 4.98 Å². The Labute approximate surface area is 204 Å². The summed E-state index contributed by atoms with van der Waals surface area (Å²) in [6.45, 7) is 4.70. The monoisotopic (exact) mass is 465 g/mol. The molecule has 1 unspecified atom stereocenters. The van der Waals surface area contributed by atoms with Crippen molar-refractivity contribution in [2.75, 3.05) is 11.9 Å². The van der Waals surface area contributed by atoms with Gasteiger partial charge in [0.15, 0.2) is 0 Å². The second kappa shape index (κ2) is 10.7. The van der Waals surface area contributed by atoms with Crippen molar-refractivity contribution in [3.8, 4) is 6.07 Å². The molecule has 1 heterocycles. The molecule has 7 nitrogen and oxygen atoms in total. The second-order valence-corrected chi connectivity index (χ2v) is 8.36. The molecule has 3 aromatic carbocycles. The smallest absolute Gasteiger partial charge is 0.315 e. The van der Waals surface area contributed by atoms with E-state index in [1.807, 2.05) is 62.4 Å². The number of carbonyl (C=O) groups excluding carboxylic acids is 1. The van der Waals surface area contributed by atoms with E-state index in [1.165, 1.54) is 0 Å². The summed E-state index contributed by atoms with van der Waals surface area (Å²) in [5.74, 6) is 0.520. The van der Waals surface area contributed by atoms with Crippen LogP contribution < -0.4 is 10.9 Å². The van der Waals surface area contributed by atoms with Crippen molar-refractivity contribution < 1.29 is 4.79 Å². The molecule has 4 rings (SSSR count). The molecular weight excluding hydrogens is 438 g/mol. The second-order valence-electron chi connectivity index (χ2n) is 8.36. The highest BCUT2D eigenvalue weighted by Gasteiger charge is 2.26. The maximum atomic E-state index is 13.5. The lowest BCUT2D eigenvalue weighted by molar-refractivity contribution is 0.188. The normalized spacial score (nSPS) is 11.6. The SMILES string of the molecule is CCCN(C(=O)Nc1cccc(C#N)c1)C(C)c1nc2ccccc2c(=O)n1Cc1ccccc1. The van der Waals surface area contributed by atoms with Crippen molar-refractivity contribution in [1.82, 2.24) is 14.5 Å². The molecule has 0 aliphatic heterocycles. The van der Waals surface area contributed by atoms with Crippen LogP contribution in [-0.2, 0) is 6.54 Å². The third-order valence-electron chi connectivity index (χ3n) is 5.88. The van der Waals surface area contributed by atoms with Crippen LogP contribution in [0.4, 0.5) is 10.5 Å². The number of rotatable bonds is 7. The molecule has 0 fully saturated rings. The first-order valence-corrected chi connectivity index (χ1v) is 11.6. The van der Waals surface area contributed by atoms with E-state index < -0.39 is 6.04 Å². The maximum Gasteiger partial charge on any atom is 0.322 e. The van der Waals surface area contributed by atoms with Crippen LogP contribution >= 0.6 is 0 Å². The molecular formula is C28H27N5O2. The van der Waals surface area contributed by atoms with Gasteiger partial charge in [0.2, 0.25) is 0 Å². The molecule has 176 valence electrons. The molecule has 0 aliphatic rings. The van der Waals surface area contributed by atoms with Gasteiger partial charge < -0.3 is 10.2 Å². The van der Waals surface area contributed by atoms with Gasteiger partial charge in [0.1, 0.15) is 5.82 Å². The summed E-state index contributed by atoms with van der Waals surface area (Å²) < 4.78 is 1.66. The van der Waals surface area contributed by atoms with E-state index in [0.29, 0.717) is 41.1 Å². The number of nitrogens with one attached hydrogen (secondary N) is 1. The first kappa shape index (κ1) is 23.7. The van der Waals surface area contributed by atoms with Crippen LogP contribution in [0.1, 0.15) is 43.3 Å². The molecule has 1 aromatic heterocycles. The first-order valence-electron chi connectivity index (χ1n) is 11.6. The zero-order valence-corrected chi connectivity index (χ0v) is 19.8. The highest BCUT2D eigenvalue weighted by molar-refractivity contribution is 5.89. The lowest BCUT2D eigenvalue weighted by atomic mass is 10.1. The lowest BCUT2D eigenvalue weighted by Gasteiger charge is -2.30. The van der Waals surface area contributed by atoms with Gasteiger partial charge in [-0.25, -0.2) is 9.78 Å². The van der Waals surface area contributed by atoms with Crippen molar-refractivity contribution in [1.29, 1.82) is 5.26 Å². The molecule has 0 saturated carbocycles. The van der Waals surface area contributed by atoms with Crippen LogP contribution in [0, 0.1) is 11.3 Å². The fourth-order valence-electron chi connectivity index (χ4n) is 4.14. The number of carbonyl (C=O) groups is 1. The van der Waals surface area contributed by atoms with Gasteiger partial charge in [0.25, 0.3) is 5.56 Å². The van der Waals surface area contributed by atoms with Crippen molar-refractivity contribution >= 4 is 22.6 Å². The molecule has 7 heteroatoms. The minimum atomic E-state index is -0.477. The van der Waals surface area contributed by atoms with Crippen LogP contribution in [0.3, 0.4) is 0 Å². The predicted molar refractivity (Wildman–Crippen MR) is 137 cm³/mol. The Kier molecular flexibility index (Phi) is 7.22. The van der Waals surface area contributed by atoms with Crippen LogP contribution in [0.15, 0.2) is 83.7 Å². The molecule has 0 radical (unpaired) electrons. The van der Waals surface area contributed by atoms with Crippen LogP contribution in [-0.4, -0.2) is 27.0 Å². The number of nitriles is 1. The molecule has 0 saturated heterocycles. The standard InChI is InChI=1S/C28H27N5O2/c1-3-16-32(28(35)30-23-13-9-12-22(17-23)18-29)20(2)26-31-25-15-8-7-14-24(25)27(34)33(26)19-21-10-5-4-6-11-21/h4-15,17,20H,3,16,19H2,1-2H3,(H,30,35). The molecule has 35 heavy (non-hydrogen) atoms. The number of urea groups is 1. The number of hydrogen-bond acceptors (Lipinski definition) is 4. The maximum absolute atomic E-state index is 13.5. The lowest BCUT2D eigenvalue weighted by Crippen LogP contribution is -2.40. The van der Waals surface area contributed by atoms with Gasteiger partial charge in [-0.05, 0) is 49.2 Å². The Balaban J connectivity index is 1.75. The zero-order valence-electron chi connectivity index (χ0n) is 19.8. The molecule has 1 atom stereocenters. The fraction of sp³-hybridized carbons (Fsp3) is 0.214. The fourth-order valence-corrected chi connectivity index (χ4v) is 4.14. The quantitative estimate of drug-likeness (QED) is 0.400. The number of benzene rings is 3. The summed E-state index contributed by atoms with van der Waals surface area (Å²) >= 11 is 0. The minimum Gasteiger partial charge on any atom is -0.315 e.